The first-order valence-corrected chi connectivity index (χ1v) is 6.86. The van der Waals surface area contributed by atoms with Crippen molar-refractivity contribution in [3.8, 4) is 0 Å². The van der Waals surface area contributed by atoms with E-state index < -0.39 is 0 Å². The molecule has 0 atom stereocenters. The second kappa shape index (κ2) is 5.81. The van der Waals surface area contributed by atoms with E-state index in [9.17, 15) is 4.39 Å². The van der Waals surface area contributed by atoms with Gasteiger partial charge in [-0.2, -0.15) is 0 Å². The van der Waals surface area contributed by atoms with Crippen molar-refractivity contribution in [3.63, 3.8) is 0 Å². The van der Waals surface area contributed by atoms with Gasteiger partial charge in [0, 0.05) is 29.4 Å². The summed E-state index contributed by atoms with van der Waals surface area (Å²) in [4.78, 5) is 4.03. The molecule has 0 radical (unpaired) electrons. The van der Waals surface area contributed by atoms with Crippen LogP contribution in [0.25, 0.3) is 0 Å². The van der Waals surface area contributed by atoms with E-state index in [-0.39, 0.29) is 17.2 Å². The van der Waals surface area contributed by atoms with E-state index in [2.05, 4.69) is 20.8 Å². The molecule has 0 aliphatic heterocycles. The number of aryl methyl sites for hydroxylation is 1. The van der Waals surface area contributed by atoms with Crippen LogP contribution in [0.2, 0.25) is 0 Å². The lowest BCUT2D eigenvalue weighted by atomic mass is 10.1. The quantitative estimate of drug-likeness (QED) is 0.903. The van der Waals surface area contributed by atoms with Crippen LogP contribution in [0.15, 0.2) is 16.8 Å². The van der Waals surface area contributed by atoms with Crippen LogP contribution < -0.4 is 10.6 Å². The van der Waals surface area contributed by atoms with E-state index >= 15 is 0 Å². The normalized spacial score (nSPS) is 11.7. The van der Waals surface area contributed by atoms with E-state index in [0.717, 1.165) is 11.3 Å². The summed E-state index contributed by atoms with van der Waals surface area (Å²) < 4.78 is 19.6. The summed E-state index contributed by atoms with van der Waals surface area (Å²) in [7, 11) is 0. The molecule has 0 saturated heterocycles. The molecule has 0 fully saturated rings. The predicted molar refractivity (Wildman–Crippen MR) is 80.0 cm³/mol. The number of aromatic nitrogens is 2. The molecule has 0 saturated carbocycles. The Morgan fingerprint density at radius 2 is 2.00 bits per heavy atom. The Kier molecular flexibility index (Phi) is 4.27. The largest absolute Gasteiger partial charge is 0.338 e. The molecule has 0 bridgehead atoms. The van der Waals surface area contributed by atoms with Gasteiger partial charge in [-0.25, -0.2) is 9.37 Å². The molecule has 2 aromatic rings. The zero-order chi connectivity index (χ0) is 15.6. The third-order valence-corrected chi connectivity index (χ3v) is 3.17. The van der Waals surface area contributed by atoms with Gasteiger partial charge < -0.3 is 15.2 Å². The molecule has 2 aromatic heterocycles. The van der Waals surface area contributed by atoms with Gasteiger partial charge >= 0.3 is 0 Å². The van der Waals surface area contributed by atoms with Crippen molar-refractivity contribution in [2.45, 2.75) is 46.7 Å². The van der Waals surface area contributed by atoms with Crippen LogP contribution in [0.4, 0.5) is 16.1 Å². The molecule has 2 N–H and O–H groups in total. The van der Waals surface area contributed by atoms with E-state index in [0.29, 0.717) is 18.0 Å². The Labute approximate surface area is 123 Å². The highest BCUT2D eigenvalue weighted by Gasteiger charge is 2.16. The Hall–Kier alpha value is -1.95. The third-order valence-electron chi connectivity index (χ3n) is 3.17. The number of hydrogen-bond donors (Lipinski definition) is 2. The van der Waals surface area contributed by atoms with Gasteiger partial charge in [0.2, 0.25) is 5.88 Å². The van der Waals surface area contributed by atoms with Gasteiger partial charge in [-0.05, 0) is 40.7 Å². The van der Waals surface area contributed by atoms with Gasteiger partial charge in [0.25, 0.3) is 0 Å². The molecule has 0 amide bonds. The van der Waals surface area contributed by atoms with E-state index in [4.69, 9.17) is 4.52 Å². The molecule has 6 heteroatoms. The summed E-state index contributed by atoms with van der Waals surface area (Å²) >= 11 is 0. The topological polar surface area (TPSA) is 63.0 Å². The molecular weight excluding hydrogens is 271 g/mol. The zero-order valence-electron chi connectivity index (χ0n) is 13.0. The first kappa shape index (κ1) is 15.4. The fourth-order valence-electron chi connectivity index (χ4n) is 1.71. The number of nitrogens with one attached hydrogen (secondary N) is 2. The molecule has 0 unspecified atom stereocenters. The van der Waals surface area contributed by atoms with E-state index in [1.165, 1.54) is 0 Å². The monoisotopic (exact) mass is 292 g/mol. The Balaban J connectivity index is 2.19. The minimum Gasteiger partial charge on any atom is -0.338 e. The number of halogens is 1. The maximum atomic E-state index is 14.4. The number of nitrogens with zero attached hydrogens (tertiary/aromatic N) is 2. The van der Waals surface area contributed by atoms with Gasteiger partial charge in [-0.15, -0.1) is 0 Å². The van der Waals surface area contributed by atoms with Crippen molar-refractivity contribution in [3.05, 3.63) is 34.9 Å². The number of pyridine rings is 1. The fraction of sp³-hybridized carbons (Fsp3) is 0.467. The van der Waals surface area contributed by atoms with Crippen molar-refractivity contribution >= 4 is 11.7 Å². The molecule has 2 rings (SSSR count). The molecule has 5 nitrogen and oxygen atoms in total. The molecule has 0 aliphatic rings. The van der Waals surface area contributed by atoms with Crippen molar-refractivity contribution in [2.75, 3.05) is 5.32 Å². The average Bonchev–Trinajstić information content (AvgIpc) is 2.71. The third kappa shape index (κ3) is 3.78. The van der Waals surface area contributed by atoms with Gasteiger partial charge in [-0.1, -0.05) is 5.16 Å². The van der Waals surface area contributed by atoms with Crippen molar-refractivity contribution in [2.24, 2.45) is 0 Å². The molecule has 21 heavy (non-hydrogen) atoms. The van der Waals surface area contributed by atoms with E-state index in [1.54, 1.807) is 12.3 Å². The minimum absolute atomic E-state index is 0.0814. The van der Waals surface area contributed by atoms with Crippen LogP contribution in [0.1, 0.15) is 37.6 Å². The van der Waals surface area contributed by atoms with Crippen LogP contribution >= 0.6 is 0 Å². The highest BCUT2D eigenvalue weighted by molar-refractivity contribution is 5.55. The first-order chi connectivity index (χ1) is 9.78. The number of hydrogen-bond acceptors (Lipinski definition) is 5. The van der Waals surface area contributed by atoms with Crippen LogP contribution in [0.5, 0.6) is 0 Å². The average molecular weight is 292 g/mol. The molecule has 0 aromatic carbocycles. The molecular formula is C15H21FN4O. The standard InChI is InChI=1S/C15H21FN4O/c1-9-10(2)20-21-14(9)19-13-12(16)11(6-7-17-13)8-18-15(3,4)5/h6-7,18H,8H2,1-5H3,(H,17,19). The SMILES string of the molecule is Cc1noc(Nc2nccc(CNC(C)(C)C)c2F)c1C. The first-order valence-electron chi connectivity index (χ1n) is 6.86. The molecule has 114 valence electrons. The zero-order valence-corrected chi connectivity index (χ0v) is 13.0. The smallest absolute Gasteiger partial charge is 0.233 e. The van der Waals surface area contributed by atoms with Gasteiger partial charge in [-0.3, -0.25) is 0 Å². The van der Waals surface area contributed by atoms with Crippen LogP contribution in [-0.4, -0.2) is 15.7 Å². The Bertz CT molecular complexity index is 631. The lowest BCUT2D eigenvalue weighted by molar-refractivity contribution is 0.418. The van der Waals surface area contributed by atoms with Gasteiger partial charge in [0.15, 0.2) is 11.6 Å². The summed E-state index contributed by atoms with van der Waals surface area (Å²) in [5, 5.41) is 9.94. The summed E-state index contributed by atoms with van der Waals surface area (Å²) in [6, 6.07) is 1.66. The van der Waals surface area contributed by atoms with E-state index in [1.807, 2.05) is 34.6 Å². The number of rotatable bonds is 4. The molecule has 2 heterocycles. The van der Waals surface area contributed by atoms with Crippen molar-refractivity contribution in [1.29, 1.82) is 0 Å². The van der Waals surface area contributed by atoms with Crippen LogP contribution in [0.3, 0.4) is 0 Å². The Morgan fingerprint density at radius 3 is 2.57 bits per heavy atom. The van der Waals surface area contributed by atoms with Gasteiger partial charge in [0.05, 0.1) is 5.69 Å². The molecule has 0 aliphatic carbocycles. The fourth-order valence-corrected chi connectivity index (χ4v) is 1.71. The lowest BCUT2D eigenvalue weighted by Crippen LogP contribution is -2.35. The minimum atomic E-state index is -0.386. The van der Waals surface area contributed by atoms with Crippen molar-refractivity contribution in [1.82, 2.24) is 15.5 Å². The molecule has 0 spiro atoms. The highest BCUT2D eigenvalue weighted by Crippen LogP contribution is 2.24. The van der Waals surface area contributed by atoms with Crippen molar-refractivity contribution < 1.29 is 8.91 Å². The summed E-state index contributed by atoms with van der Waals surface area (Å²) in [6.07, 6.45) is 1.57. The van der Waals surface area contributed by atoms with Crippen LogP contribution in [0, 0.1) is 19.7 Å². The summed E-state index contributed by atoms with van der Waals surface area (Å²) in [5.41, 5.74) is 2.08. The second-order valence-corrected chi connectivity index (χ2v) is 6.08. The summed E-state index contributed by atoms with van der Waals surface area (Å²) in [6.45, 7) is 10.2. The second-order valence-electron chi connectivity index (χ2n) is 6.08. The maximum Gasteiger partial charge on any atom is 0.233 e. The lowest BCUT2D eigenvalue weighted by Gasteiger charge is -2.21. The Morgan fingerprint density at radius 1 is 1.29 bits per heavy atom. The summed E-state index contributed by atoms with van der Waals surface area (Å²) in [5.74, 6) is 0.171. The maximum absolute atomic E-state index is 14.4. The predicted octanol–water partition coefficient (Wildman–Crippen LogP) is 3.46. The number of anilines is 2. The van der Waals surface area contributed by atoms with Crippen LogP contribution in [-0.2, 0) is 6.54 Å². The van der Waals surface area contributed by atoms with Gasteiger partial charge in [0.1, 0.15) is 0 Å². The highest BCUT2D eigenvalue weighted by atomic mass is 19.1.